The number of fused-ring (bicyclic) bond motifs is 1. The molecular formula is C14H15NO2S. The molecule has 0 saturated heterocycles. The number of benzene rings is 1. The van der Waals surface area contributed by atoms with E-state index >= 15 is 0 Å². The lowest BCUT2D eigenvalue weighted by molar-refractivity contribution is -0.148. The van der Waals surface area contributed by atoms with Gasteiger partial charge in [-0.1, -0.05) is 18.2 Å². The Balaban J connectivity index is 2.03. The van der Waals surface area contributed by atoms with Gasteiger partial charge in [-0.2, -0.15) is 0 Å². The second-order valence-corrected chi connectivity index (χ2v) is 5.72. The van der Waals surface area contributed by atoms with Crippen LogP contribution in [0.3, 0.4) is 0 Å². The van der Waals surface area contributed by atoms with E-state index in [1.54, 1.807) is 11.3 Å². The van der Waals surface area contributed by atoms with Crippen molar-refractivity contribution >= 4 is 27.4 Å². The number of nitrogens with two attached hydrogens (primary N) is 1. The highest BCUT2D eigenvalue weighted by atomic mass is 32.1. The first-order valence-corrected chi connectivity index (χ1v) is 6.87. The van der Waals surface area contributed by atoms with Crippen LogP contribution in [0.4, 0.5) is 0 Å². The van der Waals surface area contributed by atoms with E-state index in [-0.39, 0.29) is 12.0 Å². The second kappa shape index (κ2) is 4.07. The lowest BCUT2D eigenvalue weighted by atomic mass is 9.90. The summed E-state index contributed by atoms with van der Waals surface area (Å²) >= 11 is 1.67. The summed E-state index contributed by atoms with van der Waals surface area (Å²) < 4.78 is 6.10. The third kappa shape index (κ3) is 1.56. The molecular weight excluding hydrogens is 246 g/mol. The fourth-order valence-corrected chi connectivity index (χ4v) is 3.51. The number of carbonyl (C=O) groups is 1. The van der Waals surface area contributed by atoms with Gasteiger partial charge in [0.05, 0.1) is 12.5 Å². The minimum Gasteiger partial charge on any atom is -0.469 e. The Bertz CT molecular complexity index is 601. The lowest BCUT2D eigenvalue weighted by Gasteiger charge is -2.20. The van der Waals surface area contributed by atoms with Gasteiger partial charge in [-0.3, -0.25) is 4.79 Å². The molecule has 0 amide bonds. The monoisotopic (exact) mass is 261 g/mol. The number of esters is 1. The molecule has 1 aliphatic carbocycles. The Morgan fingerprint density at radius 3 is 2.83 bits per heavy atom. The zero-order valence-corrected chi connectivity index (χ0v) is 11.0. The van der Waals surface area contributed by atoms with E-state index in [0.29, 0.717) is 0 Å². The highest BCUT2D eigenvalue weighted by molar-refractivity contribution is 7.17. The number of carbonyl (C=O) groups excluding carboxylic acids is 1. The zero-order valence-electron chi connectivity index (χ0n) is 10.2. The van der Waals surface area contributed by atoms with Gasteiger partial charge in [0.25, 0.3) is 0 Å². The van der Waals surface area contributed by atoms with Crippen LogP contribution in [0.2, 0.25) is 0 Å². The molecule has 1 unspecified atom stereocenters. The maximum absolute atomic E-state index is 11.9. The van der Waals surface area contributed by atoms with Crippen molar-refractivity contribution in [3.05, 3.63) is 35.2 Å². The van der Waals surface area contributed by atoms with Gasteiger partial charge in [0.15, 0.2) is 0 Å². The third-order valence-electron chi connectivity index (χ3n) is 3.82. The van der Waals surface area contributed by atoms with E-state index < -0.39 is 5.41 Å². The third-order valence-corrected chi connectivity index (χ3v) is 4.80. The molecule has 1 fully saturated rings. The van der Waals surface area contributed by atoms with Gasteiger partial charge in [0.2, 0.25) is 0 Å². The minimum atomic E-state index is -0.488. The SMILES string of the molecule is COC(=O)C1(C(N)c2csc3ccccc23)CC1. The smallest absolute Gasteiger partial charge is 0.313 e. The van der Waals surface area contributed by atoms with Crippen LogP contribution in [0.15, 0.2) is 29.6 Å². The van der Waals surface area contributed by atoms with Gasteiger partial charge in [0.1, 0.15) is 0 Å². The van der Waals surface area contributed by atoms with Crippen LogP contribution >= 0.6 is 11.3 Å². The largest absolute Gasteiger partial charge is 0.469 e. The number of rotatable bonds is 3. The van der Waals surface area contributed by atoms with Gasteiger partial charge in [-0.05, 0) is 35.2 Å². The van der Waals surface area contributed by atoms with Crippen molar-refractivity contribution in [2.45, 2.75) is 18.9 Å². The Labute approximate surface area is 110 Å². The number of thiophene rings is 1. The standard InChI is InChI=1S/C14H15NO2S/c1-17-13(16)14(6-7-14)12(15)10-8-18-11-5-3-2-4-9(10)11/h2-5,8,12H,6-7,15H2,1H3. The van der Waals surface area contributed by atoms with Crippen LogP contribution in [-0.4, -0.2) is 13.1 Å². The maximum atomic E-state index is 11.9. The molecule has 94 valence electrons. The highest BCUT2D eigenvalue weighted by Gasteiger charge is 2.56. The van der Waals surface area contributed by atoms with Crippen molar-refractivity contribution in [2.24, 2.45) is 11.1 Å². The molecule has 0 bridgehead atoms. The van der Waals surface area contributed by atoms with E-state index in [1.807, 2.05) is 12.1 Å². The van der Waals surface area contributed by atoms with Crippen LogP contribution < -0.4 is 5.73 Å². The first-order chi connectivity index (χ1) is 8.69. The molecule has 1 aromatic heterocycles. The number of hydrogen-bond donors (Lipinski definition) is 1. The van der Waals surface area contributed by atoms with Crippen LogP contribution in [0.1, 0.15) is 24.4 Å². The van der Waals surface area contributed by atoms with E-state index in [4.69, 9.17) is 10.5 Å². The lowest BCUT2D eigenvalue weighted by Crippen LogP contribution is -2.30. The summed E-state index contributed by atoms with van der Waals surface area (Å²) in [4.78, 5) is 11.9. The summed E-state index contributed by atoms with van der Waals surface area (Å²) in [5, 5.41) is 3.23. The van der Waals surface area contributed by atoms with Gasteiger partial charge in [0, 0.05) is 10.7 Å². The number of methoxy groups -OCH3 is 1. The predicted molar refractivity (Wildman–Crippen MR) is 72.4 cm³/mol. The summed E-state index contributed by atoms with van der Waals surface area (Å²) in [6.45, 7) is 0. The van der Waals surface area contributed by atoms with E-state index in [1.165, 1.54) is 11.8 Å². The summed E-state index contributed by atoms with van der Waals surface area (Å²) in [6.07, 6.45) is 1.65. The molecule has 18 heavy (non-hydrogen) atoms. The molecule has 1 saturated carbocycles. The number of hydrogen-bond acceptors (Lipinski definition) is 4. The van der Waals surface area contributed by atoms with E-state index in [9.17, 15) is 4.79 Å². The molecule has 1 heterocycles. The summed E-state index contributed by atoms with van der Waals surface area (Å²) in [5.74, 6) is -0.176. The molecule has 1 aromatic carbocycles. The molecule has 1 atom stereocenters. The van der Waals surface area contributed by atoms with Crippen LogP contribution in [0.25, 0.3) is 10.1 Å². The van der Waals surface area contributed by atoms with E-state index in [0.717, 1.165) is 23.8 Å². The first-order valence-electron chi connectivity index (χ1n) is 5.99. The maximum Gasteiger partial charge on any atom is 0.313 e. The Kier molecular flexibility index (Phi) is 2.64. The highest BCUT2D eigenvalue weighted by Crippen LogP contribution is 2.55. The van der Waals surface area contributed by atoms with Crippen LogP contribution in [-0.2, 0) is 9.53 Å². The summed E-state index contributed by atoms with van der Waals surface area (Å²) in [6, 6.07) is 7.90. The fourth-order valence-electron chi connectivity index (χ4n) is 2.52. The predicted octanol–water partition coefficient (Wildman–Crippen LogP) is 2.85. The summed E-state index contributed by atoms with van der Waals surface area (Å²) in [7, 11) is 1.43. The average molecular weight is 261 g/mol. The molecule has 4 heteroatoms. The zero-order chi connectivity index (χ0) is 12.8. The van der Waals surface area contributed by atoms with Crippen molar-refractivity contribution in [1.82, 2.24) is 0 Å². The molecule has 3 nitrogen and oxygen atoms in total. The first kappa shape index (κ1) is 11.7. The molecule has 3 rings (SSSR count). The minimum absolute atomic E-state index is 0.176. The Hall–Kier alpha value is -1.39. The van der Waals surface area contributed by atoms with Gasteiger partial charge in [-0.25, -0.2) is 0 Å². The van der Waals surface area contributed by atoms with Crippen molar-refractivity contribution in [1.29, 1.82) is 0 Å². The molecule has 0 aliphatic heterocycles. The molecule has 2 N–H and O–H groups in total. The quantitative estimate of drug-likeness (QED) is 0.864. The van der Waals surface area contributed by atoms with Crippen LogP contribution in [0, 0.1) is 5.41 Å². The van der Waals surface area contributed by atoms with Crippen molar-refractivity contribution in [3.8, 4) is 0 Å². The summed E-state index contributed by atoms with van der Waals surface area (Å²) in [5.41, 5.74) is 6.91. The molecule has 1 aliphatic rings. The number of ether oxygens (including phenoxy) is 1. The van der Waals surface area contributed by atoms with Gasteiger partial charge < -0.3 is 10.5 Å². The van der Waals surface area contributed by atoms with Crippen molar-refractivity contribution < 1.29 is 9.53 Å². The second-order valence-electron chi connectivity index (χ2n) is 4.81. The topological polar surface area (TPSA) is 52.3 Å². The van der Waals surface area contributed by atoms with E-state index in [2.05, 4.69) is 17.5 Å². The van der Waals surface area contributed by atoms with Gasteiger partial charge in [-0.15, -0.1) is 11.3 Å². The molecule has 0 spiro atoms. The average Bonchev–Trinajstić information content (AvgIpc) is 3.11. The Morgan fingerprint density at radius 2 is 2.17 bits per heavy atom. The van der Waals surface area contributed by atoms with Crippen LogP contribution in [0.5, 0.6) is 0 Å². The normalized spacial score (nSPS) is 18.6. The van der Waals surface area contributed by atoms with Crippen molar-refractivity contribution in [3.63, 3.8) is 0 Å². The fraction of sp³-hybridized carbons (Fsp3) is 0.357. The molecule has 0 radical (unpaired) electrons. The molecule has 2 aromatic rings. The van der Waals surface area contributed by atoms with Gasteiger partial charge >= 0.3 is 5.97 Å². The Morgan fingerprint density at radius 1 is 1.44 bits per heavy atom. The van der Waals surface area contributed by atoms with Crippen molar-refractivity contribution in [2.75, 3.05) is 7.11 Å².